The van der Waals surface area contributed by atoms with Gasteiger partial charge in [0, 0.05) is 20.0 Å². The zero-order valence-electron chi connectivity index (χ0n) is 12.1. The Hall–Kier alpha value is -1.43. The molecule has 0 aliphatic carbocycles. The molecule has 0 aromatic carbocycles. The lowest BCUT2D eigenvalue weighted by Crippen LogP contribution is -2.35. The molecule has 20 heavy (non-hydrogen) atoms. The van der Waals surface area contributed by atoms with Gasteiger partial charge in [0.2, 0.25) is 0 Å². The van der Waals surface area contributed by atoms with Gasteiger partial charge in [0.15, 0.2) is 16.6 Å². The van der Waals surface area contributed by atoms with Crippen LogP contribution in [0.5, 0.6) is 0 Å². The van der Waals surface area contributed by atoms with Crippen LogP contribution in [0, 0.1) is 5.92 Å². The number of anilines is 1. The van der Waals surface area contributed by atoms with Gasteiger partial charge in [-0.05, 0) is 18.8 Å². The third-order valence-electron chi connectivity index (χ3n) is 3.68. The highest BCUT2D eigenvalue weighted by Gasteiger charge is 2.26. The number of hydrogen-bond acceptors (Lipinski definition) is 6. The van der Waals surface area contributed by atoms with Crippen LogP contribution in [0.3, 0.4) is 0 Å². The highest BCUT2D eigenvalue weighted by Crippen LogP contribution is 2.31. The van der Waals surface area contributed by atoms with Gasteiger partial charge in [-0.3, -0.25) is 4.79 Å². The van der Waals surface area contributed by atoms with Crippen molar-refractivity contribution in [3.8, 4) is 0 Å². The van der Waals surface area contributed by atoms with Crippen LogP contribution in [0.4, 0.5) is 5.13 Å². The summed E-state index contributed by atoms with van der Waals surface area (Å²) in [6, 6.07) is 0. The molecule has 1 aromatic rings. The van der Waals surface area contributed by atoms with Crippen molar-refractivity contribution < 1.29 is 14.3 Å². The number of methoxy groups -OCH3 is 1. The van der Waals surface area contributed by atoms with Gasteiger partial charge in [0.05, 0.1) is 7.11 Å². The molecule has 0 N–H and O–H groups in total. The summed E-state index contributed by atoms with van der Waals surface area (Å²) in [7, 11) is 1.30. The average molecular weight is 296 g/mol. The lowest BCUT2D eigenvalue weighted by atomic mass is 9.96. The molecule has 110 valence electrons. The van der Waals surface area contributed by atoms with Crippen LogP contribution in [-0.2, 0) is 4.74 Å². The predicted molar refractivity (Wildman–Crippen MR) is 78.7 cm³/mol. The van der Waals surface area contributed by atoms with Gasteiger partial charge >= 0.3 is 5.97 Å². The number of carbonyl (C=O) groups excluding carboxylic acids is 2. The number of rotatable bonds is 4. The van der Waals surface area contributed by atoms with Gasteiger partial charge in [0.25, 0.3) is 0 Å². The van der Waals surface area contributed by atoms with Crippen LogP contribution in [0.25, 0.3) is 0 Å². The lowest BCUT2D eigenvalue weighted by Gasteiger charge is -2.31. The molecule has 2 rings (SSSR count). The number of hydrogen-bond donors (Lipinski definition) is 0. The summed E-state index contributed by atoms with van der Waals surface area (Å²) in [6.45, 7) is 5.52. The largest absolute Gasteiger partial charge is 0.464 e. The van der Waals surface area contributed by atoms with E-state index in [1.54, 1.807) is 0 Å². The SMILES string of the molecule is CCC1CCCN(c2nc(C(=O)OC)c(C(C)=O)s2)C1. The molecule has 1 saturated heterocycles. The van der Waals surface area contributed by atoms with Gasteiger partial charge < -0.3 is 9.64 Å². The Morgan fingerprint density at radius 1 is 1.50 bits per heavy atom. The van der Waals surface area contributed by atoms with E-state index in [4.69, 9.17) is 4.74 Å². The Kier molecular flexibility index (Phi) is 4.75. The van der Waals surface area contributed by atoms with Crippen molar-refractivity contribution in [1.29, 1.82) is 0 Å². The normalized spacial score (nSPS) is 18.9. The molecule has 0 bridgehead atoms. The molecule has 0 amide bonds. The van der Waals surface area contributed by atoms with Gasteiger partial charge in [0.1, 0.15) is 4.88 Å². The third-order valence-corrected chi connectivity index (χ3v) is 4.90. The monoisotopic (exact) mass is 296 g/mol. The molecule has 1 unspecified atom stereocenters. The Labute approximate surface area is 122 Å². The van der Waals surface area contributed by atoms with Crippen LogP contribution in [0.1, 0.15) is 53.3 Å². The topological polar surface area (TPSA) is 59.5 Å². The fourth-order valence-corrected chi connectivity index (χ4v) is 3.47. The Balaban J connectivity index is 2.28. The number of nitrogens with zero attached hydrogens (tertiary/aromatic N) is 2. The van der Waals surface area contributed by atoms with E-state index in [-0.39, 0.29) is 11.5 Å². The van der Waals surface area contributed by atoms with E-state index in [1.165, 1.54) is 31.8 Å². The summed E-state index contributed by atoms with van der Waals surface area (Å²) in [5.41, 5.74) is 0.152. The first kappa shape index (κ1) is 15.0. The van der Waals surface area contributed by atoms with E-state index in [9.17, 15) is 9.59 Å². The van der Waals surface area contributed by atoms with Crippen molar-refractivity contribution in [2.24, 2.45) is 5.92 Å². The highest BCUT2D eigenvalue weighted by atomic mass is 32.1. The van der Waals surface area contributed by atoms with Crippen LogP contribution in [0.2, 0.25) is 0 Å². The smallest absolute Gasteiger partial charge is 0.358 e. The summed E-state index contributed by atoms with van der Waals surface area (Å²) in [5, 5.41) is 0.758. The quantitative estimate of drug-likeness (QED) is 0.631. The summed E-state index contributed by atoms with van der Waals surface area (Å²) >= 11 is 1.29. The highest BCUT2D eigenvalue weighted by molar-refractivity contribution is 7.17. The van der Waals surface area contributed by atoms with Crippen LogP contribution < -0.4 is 4.90 Å². The molecule has 1 aliphatic rings. The number of aromatic nitrogens is 1. The fourth-order valence-electron chi connectivity index (χ4n) is 2.49. The van der Waals surface area contributed by atoms with Crippen molar-refractivity contribution in [3.63, 3.8) is 0 Å². The minimum Gasteiger partial charge on any atom is -0.464 e. The van der Waals surface area contributed by atoms with Crippen molar-refractivity contribution in [2.45, 2.75) is 33.1 Å². The van der Waals surface area contributed by atoms with Crippen molar-refractivity contribution in [3.05, 3.63) is 10.6 Å². The number of ether oxygens (including phenoxy) is 1. The van der Waals surface area contributed by atoms with Crippen LogP contribution in [0.15, 0.2) is 0 Å². The van der Waals surface area contributed by atoms with Crippen molar-refractivity contribution in [1.82, 2.24) is 4.98 Å². The first-order valence-corrected chi connectivity index (χ1v) is 7.73. The van der Waals surface area contributed by atoms with Gasteiger partial charge in [-0.1, -0.05) is 24.7 Å². The molecular formula is C14H20N2O3S. The Morgan fingerprint density at radius 2 is 2.25 bits per heavy atom. The van der Waals surface area contributed by atoms with E-state index >= 15 is 0 Å². The molecule has 1 aliphatic heterocycles. The number of thiazole rings is 1. The zero-order chi connectivity index (χ0) is 14.7. The second-order valence-corrected chi connectivity index (χ2v) is 6.06. The van der Waals surface area contributed by atoms with Crippen molar-refractivity contribution in [2.75, 3.05) is 25.1 Å². The van der Waals surface area contributed by atoms with E-state index in [1.807, 2.05) is 0 Å². The van der Waals surface area contributed by atoms with E-state index in [0.717, 1.165) is 31.1 Å². The second-order valence-electron chi connectivity index (χ2n) is 5.08. The van der Waals surface area contributed by atoms with Crippen LogP contribution in [-0.4, -0.2) is 36.9 Å². The molecule has 1 atom stereocenters. The summed E-state index contributed by atoms with van der Waals surface area (Å²) in [5.74, 6) is -0.0186. The molecule has 5 nitrogen and oxygen atoms in total. The minimum atomic E-state index is -0.540. The number of esters is 1. The van der Waals surface area contributed by atoms with Crippen molar-refractivity contribution >= 4 is 28.2 Å². The third kappa shape index (κ3) is 3.00. The van der Waals surface area contributed by atoms with Gasteiger partial charge in [-0.15, -0.1) is 0 Å². The second kappa shape index (κ2) is 6.35. The minimum absolute atomic E-state index is 0.141. The number of carbonyl (C=O) groups is 2. The maximum Gasteiger partial charge on any atom is 0.358 e. The fraction of sp³-hybridized carbons (Fsp3) is 0.643. The zero-order valence-corrected chi connectivity index (χ0v) is 13.0. The molecule has 6 heteroatoms. The van der Waals surface area contributed by atoms with Gasteiger partial charge in [-0.2, -0.15) is 0 Å². The number of piperidine rings is 1. The maximum atomic E-state index is 11.7. The Morgan fingerprint density at radius 3 is 2.85 bits per heavy atom. The average Bonchev–Trinajstić information content (AvgIpc) is 2.92. The lowest BCUT2D eigenvalue weighted by molar-refractivity contribution is 0.0591. The summed E-state index contributed by atoms with van der Waals surface area (Å²) in [6.07, 6.45) is 3.51. The summed E-state index contributed by atoms with van der Waals surface area (Å²) < 4.78 is 4.70. The molecule has 0 radical (unpaired) electrons. The standard InChI is InChI=1S/C14H20N2O3S/c1-4-10-6-5-7-16(8-10)14-15-11(13(18)19-3)12(20-14)9(2)17/h10H,4-8H2,1-3H3. The van der Waals surface area contributed by atoms with E-state index < -0.39 is 5.97 Å². The molecular weight excluding hydrogens is 276 g/mol. The summed E-state index contributed by atoms with van der Waals surface area (Å²) in [4.78, 5) is 30.3. The molecule has 1 fully saturated rings. The number of ketones is 1. The maximum absolute atomic E-state index is 11.7. The Bertz CT molecular complexity index is 513. The molecule has 2 heterocycles. The molecule has 0 spiro atoms. The van der Waals surface area contributed by atoms with E-state index in [0.29, 0.717) is 10.8 Å². The predicted octanol–water partition coefficient (Wildman–Crippen LogP) is 2.76. The van der Waals surface area contributed by atoms with Crippen LogP contribution >= 0.6 is 11.3 Å². The first-order chi connectivity index (χ1) is 9.56. The first-order valence-electron chi connectivity index (χ1n) is 6.91. The molecule has 1 aromatic heterocycles. The molecule has 0 saturated carbocycles. The van der Waals surface area contributed by atoms with Gasteiger partial charge in [-0.25, -0.2) is 9.78 Å². The number of Topliss-reactive ketones (excluding diaryl/α,β-unsaturated/α-hetero) is 1. The van der Waals surface area contributed by atoms with E-state index in [2.05, 4.69) is 16.8 Å².